The number of aryl methyl sites for hydroxylation is 2. The van der Waals surface area contributed by atoms with Gasteiger partial charge in [0.05, 0.1) is 16.6 Å². The topological polar surface area (TPSA) is 85.8 Å². The van der Waals surface area contributed by atoms with Crippen molar-refractivity contribution >= 4 is 51.0 Å². The van der Waals surface area contributed by atoms with Crippen LogP contribution >= 0.6 is 11.6 Å². The first-order valence-corrected chi connectivity index (χ1v) is 9.18. The van der Waals surface area contributed by atoms with Crippen molar-refractivity contribution in [2.24, 2.45) is 5.73 Å². The number of benzene rings is 2. The molecule has 2 heterocycles. The number of nitrogens with one attached hydrogen (secondary N) is 1. The molecular formula is C20H20ClN5O. The highest BCUT2D eigenvalue weighted by molar-refractivity contribution is 6.31. The maximum absolute atomic E-state index is 11.8. The molecule has 7 heteroatoms. The summed E-state index contributed by atoms with van der Waals surface area (Å²) in [7, 11) is 0. The zero-order chi connectivity index (χ0) is 19.1. The van der Waals surface area contributed by atoms with E-state index in [1.807, 2.05) is 35.8 Å². The van der Waals surface area contributed by atoms with E-state index in [4.69, 9.17) is 27.3 Å². The van der Waals surface area contributed by atoms with E-state index in [1.54, 1.807) is 6.07 Å². The number of nitrogens with zero attached hydrogens (tertiary/aromatic N) is 3. The predicted octanol–water partition coefficient (Wildman–Crippen LogP) is 3.25. The first-order chi connectivity index (χ1) is 13.0. The van der Waals surface area contributed by atoms with E-state index >= 15 is 0 Å². The minimum absolute atomic E-state index is 0.431. The summed E-state index contributed by atoms with van der Waals surface area (Å²) in [5, 5.41) is 4.64. The zero-order valence-electron chi connectivity index (χ0n) is 15.2. The van der Waals surface area contributed by atoms with E-state index in [9.17, 15) is 4.79 Å². The summed E-state index contributed by atoms with van der Waals surface area (Å²) in [6.45, 7) is 5.05. The summed E-state index contributed by atoms with van der Waals surface area (Å²) in [6.07, 6.45) is 0.267. The number of fused-ring (bicyclic) bond motifs is 4. The number of hydrogen-bond donors (Lipinski definition) is 2. The molecule has 138 valence electrons. The molecule has 0 aliphatic heterocycles. The molecule has 6 nitrogen and oxygen atoms in total. The average Bonchev–Trinajstić information content (AvgIpc) is 2.95. The number of halogens is 1. The van der Waals surface area contributed by atoms with Gasteiger partial charge in [-0.25, -0.2) is 9.97 Å². The smallest absolute Gasteiger partial charge is 0.162 e. The highest BCUT2D eigenvalue weighted by Gasteiger charge is 2.20. The summed E-state index contributed by atoms with van der Waals surface area (Å²) in [5.74, 6) is 0. The molecule has 0 aliphatic carbocycles. The van der Waals surface area contributed by atoms with Crippen molar-refractivity contribution in [1.82, 2.24) is 19.9 Å². The minimum atomic E-state index is -0.590. The van der Waals surface area contributed by atoms with Crippen LogP contribution in [0, 0.1) is 13.8 Å². The quantitative estimate of drug-likeness (QED) is 0.518. The Hall–Kier alpha value is -2.54. The lowest BCUT2D eigenvalue weighted by Gasteiger charge is -2.16. The Morgan fingerprint density at radius 1 is 1.19 bits per heavy atom. The second-order valence-electron chi connectivity index (χ2n) is 6.68. The number of rotatable bonds is 5. The Kier molecular flexibility index (Phi) is 4.55. The van der Waals surface area contributed by atoms with Crippen molar-refractivity contribution in [1.29, 1.82) is 0 Å². The fourth-order valence-corrected chi connectivity index (χ4v) is 3.56. The molecule has 0 aliphatic rings. The number of carbonyl (C=O) groups is 1. The molecule has 2 aromatic heterocycles. The van der Waals surface area contributed by atoms with E-state index < -0.39 is 6.17 Å². The third kappa shape index (κ3) is 2.96. The van der Waals surface area contributed by atoms with Gasteiger partial charge in [0.2, 0.25) is 0 Å². The Balaban J connectivity index is 2.11. The van der Waals surface area contributed by atoms with E-state index in [1.165, 1.54) is 0 Å². The Bertz CT molecular complexity index is 1180. The molecule has 4 rings (SSSR count). The lowest BCUT2D eigenvalue weighted by molar-refractivity contribution is -0.111. The van der Waals surface area contributed by atoms with Gasteiger partial charge in [0, 0.05) is 23.5 Å². The van der Waals surface area contributed by atoms with Crippen molar-refractivity contribution in [3.05, 3.63) is 46.5 Å². The van der Waals surface area contributed by atoms with Gasteiger partial charge in [-0.15, -0.1) is 0 Å². The molecule has 2 aromatic carbocycles. The Morgan fingerprint density at radius 2 is 1.89 bits per heavy atom. The highest BCUT2D eigenvalue weighted by Crippen LogP contribution is 2.32. The van der Waals surface area contributed by atoms with Gasteiger partial charge >= 0.3 is 0 Å². The average molecular weight is 382 g/mol. The second-order valence-corrected chi connectivity index (χ2v) is 7.11. The third-order valence-corrected chi connectivity index (χ3v) is 5.10. The number of hydrogen-bond acceptors (Lipinski definition) is 5. The van der Waals surface area contributed by atoms with Gasteiger partial charge in [0.25, 0.3) is 0 Å². The van der Waals surface area contributed by atoms with Gasteiger partial charge in [-0.2, -0.15) is 0 Å². The van der Waals surface area contributed by atoms with Crippen LogP contribution in [0.1, 0.15) is 17.3 Å². The van der Waals surface area contributed by atoms with Crippen LogP contribution in [0.4, 0.5) is 0 Å². The highest BCUT2D eigenvalue weighted by atomic mass is 35.5. The molecule has 0 amide bonds. The van der Waals surface area contributed by atoms with Crippen LogP contribution in [0.15, 0.2) is 30.3 Å². The molecule has 4 aromatic rings. The molecule has 0 saturated carbocycles. The van der Waals surface area contributed by atoms with Crippen LogP contribution in [0.5, 0.6) is 0 Å². The van der Waals surface area contributed by atoms with Crippen molar-refractivity contribution < 1.29 is 4.79 Å². The van der Waals surface area contributed by atoms with Crippen molar-refractivity contribution in [3.63, 3.8) is 0 Å². The number of carbonyl (C=O) groups excluding carboxylic acids is 1. The van der Waals surface area contributed by atoms with Gasteiger partial charge in [0.1, 0.15) is 11.7 Å². The van der Waals surface area contributed by atoms with Crippen LogP contribution in [0.25, 0.3) is 33.1 Å². The maximum atomic E-state index is 11.8. The van der Waals surface area contributed by atoms with Crippen molar-refractivity contribution in [3.8, 4) is 0 Å². The van der Waals surface area contributed by atoms with E-state index in [0.717, 1.165) is 44.9 Å². The van der Waals surface area contributed by atoms with Gasteiger partial charge in [-0.1, -0.05) is 11.6 Å². The van der Waals surface area contributed by atoms with Crippen LogP contribution in [-0.4, -0.2) is 33.9 Å². The predicted molar refractivity (Wildman–Crippen MR) is 109 cm³/mol. The minimum Gasteiger partial charge on any atom is -0.329 e. The summed E-state index contributed by atoms with van der Waals surface area (Å²) in [5.41, 5.74) is 11.7. The first-order valence-electron chi connectivity index (χ1n) is 8.80. The van der Waals surface area contributed by atoms with Gasteiger partial charge in [-0.05, 0) is 55.3 Å². The van der Waals surface area contributed by atoms with Crippen LogP contribution in [0.3, 0.4) is 0 Å². The monoisotopic (exact) mass is 381 g/mol. The number of aromatic nitrogens is 3. The SMILES string of the molecule is Cc1cc2nc3c4cc(Cl)ccc4n(C(C=O)NCCN)c3nc2cc1C. The zero-order valence-corrected chi connectivity index (χ0v) is 15.9. The van der Waals surface area contributed by atoms with E-state index in [0.29, 0.717) is 23.8 Å². The molecule has 0 saturated heterocycles. The molecule has 3 N–H and O–H groups in total. The molecule has 27 heavy (non-hydrogen) atoms. The molecule has 0 radical (unpaired) electrons. The lowest BCUT2D eigenvalue weighted by atomic mass is 10.1. The number of nitrogens with two attached hydrogens (primary N) is 1. The van der Waals surface area contributed by atoms with E-state index in [2.05, 4.69) is 12.2 Å². The fraction of sp³-hybridized carbons (Fsp3) is 0.250. The van der Waals surface area contributed by atoms with Gasteiger partial charge in [0.15, 0.2) is 11.9 Å². The third-order valence-electron chi connectivity index (χ3n) is 4.87. The molecule has 0 spiro atoms. The standard InChI is InChI=1S/C20H20ClN5O/c1-11-7-15-16(8-12(11)2)25-20-19(24-15)14-9-13(21)3-4-17(14)26(20)18(10-27)23-6-5-22/h3-4,7-10,18,23H,5-6,22H2,1-2H3. The Morgan fingerprint density at radius 3 is 2.56 bits per heavy atom. The van der Waals surface area contributed by atoms with Crippen molar-refractivity contribution in [2.75, 3.05) is 13.1 Å². The van der Waals surface area contributed by atoms with Crippen LogP contribution in [-0.2, 0) is 4.79 Å². The van der Waals surface area contributed by atoms with Crippen LogP contribution < -0.4 is 11.1 Å². The summed E-state index contributed by atoms with van der Waals surface area (Å²) in [6, 6.07) is 9.62. The molecule has 1 atom stereocenters. The summed E-state index contributed by atoms with van der Waals surface area (Å²) >= 11 is 6.23. The van der Waals surface area contributed by atoms with Gasteiger partial charge in [-0.3, -0.25) is 10.1 Å². The normalized spacial score (nSPS) is 12.9. The second kappa shape index (κ2) is 6.88. The molecular weight excluding hydrogens is 362 g/mol. The molecule has 1 unspecified atom stereocenters. The molecule has 0 bridgehead atoms. The van der Waals surface area contributed by atoms with Crippen molar-refractivity contribution in [2.45, 2.75) is 20.0 Å². The Labute approximate surface area is 161 Å². The summed E-state index contributed by atoms with van der Waals surface area (Å²) in [4.78, 5) is 21.5. The van der Waals surface area contributed by atoms with E-state index in [-0.39, 0.29) is 0 Å². The lowest BCUT2D eigenvalue weighted by Crippen LogP contribution is -2.32. The largest absolute Gasteiger partial charge is 0.329 e. The maximum Gasteiger partial charge on any atom is 0.162 e. The van der Waals surface area contributed by atoms with Crippen LogP contribution in [0.2, 0.25) is 5.02 Å². The first kappa shape index (κ1) is 17.9. The molecule has 0 fully saturated rings. The summed E-state index contributed by atoms with van der Waals surface area (Å²) < 4.78 is 1.87. The number of aldehydes is 1. The van der Waals surface area contributed by atoms with Gasteiger partial charge < -0.3 is 10.3 Å². The fourth-order valence-electron chi connectivity index (χ4n) is 3.39.